The minimum atomic E-state index is -0.522. The lowest BCUT2D eigenvalue weighted by molar-refractivity contribution is 0.0991. The first-order valence-electron chi connectivity index (χ1n) is 4.09. The summed E-state index contributed by atoms with van der Waals surface area (Å²) in [5, 5.41) is -0.522. The predicted molar refractivity (Wildman–Crippen MR) is 63.3 cm³/mol. The third-order valence-electron chi connectivity index (χ3n) is 1.88. The molecule has 0 aliphatic heterocycles. The number of halogens is 3. The molecule has 1 aromatic carbocycles. The molecule has 1 nitrogen and oxygen atoms in total. The van der Waals surface area contributed by atoms with E-state index in [9.17, 15) is 4.79 Å². The zero-order valence-corrected chi connectivity index (χ0v) is 10.7. The van der Waals surface area contributed by atoms with Crippen molar-refractivity contribution in [2.75, 3.05) is 0 Å². The van der Waals surface area contributed by atoms with Gasteiger partial charge in [0, 0.05) is 15.9 Å². The lowest BCUT2D eigenvalue weighted by atomic mass is 10.0. The van der Waals surface area contributed by atoms with Gasteiger partial charge in [-0.3, -0.25) is 4.79 Å². The summed E-state index contributed by atoms with van der Waals surface area (Å²) in [5.41, 5.74) is 1.39. The van der Waals surface area contributed by atoms with Gasteiger partial charge < -0.3 is 0 Å². The molecule has 1 atom stereocenters. The fraction of sp³-hybridized carbons (Fsp3) is 0.300. The highest BCUT2D eigenvalue weighted by molar-refractivity contribution is 9.10. The van der Waals surface area contributed by atoms with E-state index >= 15 is 0 Å². The van der Waals surface area contributed by atoms with E-state index in [4.69, 9.17) is 23.2 Å². The molecule has 0 fully saturated rings. The second-order valence-corrected chi connectivity index (χ2v) is 4.66. The lowest BCUT2D eigenvalue weighted by Crippen LogP contribution is -2.12. The van der Waals surface area contributed by atoms with Crippen LogP contribution in [0.4, 0.5) is 0 Å². The Bertz CT molecular complexity index is 350. The SMILES string of the molecule is CC(Cl)C(=O)c1cccc(Br)c1CCl. The van der Waals surface area contributed by atoms with Crippen molar-refractivity contribution in [3.63, 3.8) is 0 Å². The molecule has 0 aliphatic carbocycles. The third kappa shape index (κ3) is 2.50. The smallest absolute Gasteiger partial charge is 0.180 e. The maximum atomic E-state index is 11.7. The molecule has 0 radical (unpaired) electrons. The zero-order valence-electron chi connectivity index (χ0n) is 7.56. The molecule has 0 heterocycles. The molecule has 1 rings (SSSR count). The highest BCUT2D eigenvalue weighted by Gasteiger charge is 2.17. The number of ketones is 1. The van der Waals surface area contributed by atoms with Crippen LogP contribution in [0.2, 0.25) is 0 Å². The Kier molecular flexibility index (Phi) is 4.42. The molecule has 14 heavy (non-hydrogen) atoms. The Morgan fingerprint density at radius 2 is 2.21 bits per heavy atom. The third-order valence-corrected chi connectivity index (χ3v) is 3.09. The molecule has 0 aromatic heterocycles. The van der Waals surface area contributed by atoms with E-state index in [1.54, 1.807) is 19.1 Å². The van der Waals surface area contributed by atoms with Gasteiger partial charge in [0.05, 0.1) is 5.38 Å². The predicted octanol–water partition coefficient (Wildman–Crippen LogP) is 4.00. The van der Waals surface area contributed by atoms with Crippen molar-refractivity contribution in [2.45, 2.75) is 18.2 Å². The largest absolute Gasteiger partial charge is 0.293 e. The maximum Gasteiger partial charge on any atom is 0.180 e. The summed E-state index contributed by atoms with van der Waals surface area (Å²) in [7, 11) is 0. The Labute approximate surface area is 102 Å². The molecule has 0 spiro atoms. The van der Waals surface area contributed by atoms with Gasteiger partial charge in [-0.2, -0.15) is 0 Å². The van der Waals surface area contributed by atoms with E-state index in [1.165, 1.54) is 0 Å². The molecular formula is C10H9BrCl2O. The first-order valence-corrected chi connectivity index (χ1v) is 5.86. The van der Waals surface area contributed by atoms with Crippen LogP contribution in [0.5, 0.6) is 0 Å². The van der Waals surface area contributed by atoms with Gasteiger partial charge in [-0.15, -0.1) is 23.2 Å². The van der Waals surface area contributed by atoms with Crippen molar-refractivity contribution >= 4 is 44.9 Å². The van der Waals surface area contributed by atoms with Crippen molar-refractivity contribution < 1.29 is 4.79 Å². The van der Waals surface area contributed by atoms with Crippen molar-refractivity contribution in [3.8, 4) is 0 Å². The molecule has 0 bridgehead atoms. The number of carbonyl (C=O) groups excluding carboxylic acids is 1. The van der Waals surface area contributed by atoms with E-state index < -0.39 is 5.38 Å². The summed E-state index contributed by atoms with van der Waals surface area (Å²) < 4.78 is 0.843. The molecule has 0 N–H and O–H groups in total. The van der Waals surface area contributed by atoms with Crippen LogP contribution < -0.4 is 0 Å². The van der Waals surface area contributed by atoms with Gasteiger partial charge in [0.1, 0.15) is 0 Å². The highest BCUT2D eigenvalue weighted by atomic mass is 79.9. The average molecular weight is 296 g/mol. The van der Waals surface area contributed by atoms with E-state index in [0.29, 0.717) is 11.4 Å². The Morgan fingerprint density at radius 1 is 1.57 bits per heavy atom. The van der Waals surface area contributed by atoms with E-state index in [0.717, 1.165) is 10.0 Å². The van der Waals surface area contributed by atoms with Crippen molar-refractivity contribution in [2.24, 2.45) is 0 Å². The van der Waals surface area contributed by atoms with Crippen LogP contribution in [0.3, 0.4) is 0 Å². The zero-order chi connectivity index (χ0) is 10.7. The van der Waals surface area contributed by atoms with Gasteiger partial charge in [-0.05, 0) is 18.6 Å². The second kappa shape index (κ2) is 5.15. The number of hydrogen-bond donors (Lipinski definition) is 0. The van der Waals surface area contributed by atoms with E-state index in [1.807, 2.05) is 6.07 Å². The van der Waals surface area contributed by atoms with Gasteiger partial charge in [0.25, 0.3) is 0 Å². The van der Waals surface area contributed by atoms with Crippen LogP contribution in [-0.4, -0.2) is 11.2 Å². The first kappa shape index (κ1) is 12.0. The number of benzene rings is 1. The fourth-order valence-corrected chi connectivity index (χ4v) is 2.21. The van der Waals surface area contributed by atoms with Gasteiger partial charge in [-0.25, -0.2) is 0 Å². The lowest BCUT2D eigenvalue weighted by Gasteiger charge is -2.09. The van der Waals surface area contributed by atoms with Crippen LogP contribution in [-0.2, 0) is 5.88 Å². The van der Waals surface area contributed by atoms with Crippen molar-refractivity contribution in [1.29, 1.82) is 0 Å². The molecule has 76 valence electrons. The molecule has 0 saturated carbocycles. The average Bonchev–Trinajstić information content (AvgIpc) is 2.16. The number of carbonyl (C=O) groups is 1. The van der Waals surface area contributed by atoms with Crippen molar-refractivity contribution in [1.82, 2.24) is 0 Å². The van der Waals surface area contributed by atoms with E-state index in [2.05, 4.69) is 15.9 Å². The topological polar surface area (TPSA) is 17.1 Å². The monoisotopic (exact) mass is 294 g/mol. The van der Waals surface area contributed by atoms with Crippen LogP contribution in [0, 0.1) is 0 Å². The summed E-state index contributed by atoms with van der Waals surface area (Å²) in [6.07, 6.45) is 0. The number of alkyl halides is 2. The quantitative estimate of drug-likeness (QED) is 0.608. The molecule has 0 aliphatic rings. The molecule has 1 aromatic rings. The normalized spacial score (nSPS) is 12.6. The van der Waals surface area contributed by atoms with Crippen LogP contribution in [0.1, 0.15) is 22.8 Å². The van der Waals surface area contributed by atoms with Gasteiger partial charge in [0.2, 0.25) is 0 Å². The first-order chi connectivity index (χ1) is 6.57. The molecule has 1 unspecified atom stereocenters. The molecular weight excluding hydrogens is 287 g/mol. The maximum absolute atomic E-state index is 11.7. The highest BCUT2D eigenvalue weighted by Crippen LogP contribution is 2.24. The summed E-state index contributed by atoms with van der Waals surface area (Å²) in [5.74, 6) is 0.204. The standard InChI is InChI=1S/C10H9BrCl2O/c1-6(13)10(14)7-3-2-4-9(11)8(7)5-12/h2-4,6H,5H2,1H3. The molecule has 4 heteroatoms. The summed E-state index contributed by atoms with van der Waals surface area (Å²) in [6, 6.07) is 5.39. The second-order valence-electron chi connectivity index (χ2n) is 2.88. The molecule has 0 saturated heterocycles. The number of hydrogen-bond acceptors (Lipinski definition) is 1. The fourth-order valence-electron chi connectivity index (χ4n) is 1.14. The number of rotatable bonds is 3. The number of Topliss-reactive ketones (excluding diaryl/α,β-unsaturated/α-hetero) is 1. The van der Waals surface area contributed by atoms with Gasteiger partial charge >= 0.3 is 0 Å². The summed E-state index contributed by atoms with van der Waals surface area (Å²) in [6.45, 7) is 1.66. The summed E-state index contributed by atoms with van der Waals surface area (Å²) >= 11 is 14.8. The Morgan fingerprint density at radius 3 is 2.71 bits per heavy atom. The van der Waals surface area contributed by atoms with E-state index in [-0.39, 0.29) is 5.78 Å². The van der Waals surface area contributed by atoms with Crippen molar-refractivity contribution in [3.05, 3.63) is 33.8 Å². The van der Waals surface area contributed by atoms with Gasteiger partial charge in [-0.1, -0.05) is 28.1 Å². The van der Waals surface area contributed by atoms with Crippen LogP contribution in [0.25, 0.3) is 0 Å². The molecule has 0 amide bonds. The Hall–Kier alpha value is -0.0500. The van der Waals surface area contributed by atoms with Crippen LogP contribution >= 0.6 is 39.1 Å². The Balaban J connectivity index is 3.20. The van der Waals surface area contributed by atoms with Gasteiger partial charge in [0.15, 0.2) is 5.78 Å². The van der Waals surface area contributed by atoms with Crippen LogP contribution in [0.15, 0.2) is 22.7 Å². The minimum absolute atomic E-state index is 0.0939. The minimum Gasteiger partial charge on any atom is -0.293 e. The summed E-state index contributed by atoms with van der Waals surface area (Å²) in [4.78, 5) is 11.7.